The van der Waals surface area contributed by atoms with E-state index in [-0.39, 0.29) is 11.9 Å². The predicted molar refractivity (Wildman–Crippen MR) is 118 cm³/mol. The Labute approximate surface area is 177 Å². The smallest absolute Gasteiger partial charge is 0.261 e. The summed E-state index contributed by atoms with van der Waals surface area (Å²) in [4.78, 5) is 21.6. The summed E-state index contributed by atoms with van der Waals surface area (Å²) in [6.45, 7) is 2.63. The van der Waals surface area contributed by atoms with E-state index in [2.05, 4.69) is 16.3 Å². The van der Waals surface area contributed by atoms with Gasteiger partial charge in [-0.1, -0.05) is 12.1 Å². The van der Waals surface area contributed by atoms with Crippen molar-refractivity contribution in [1.82, 2.24) is 15.2 Å². The number of para-hydroxylation sites is 1. The molecule has 1 amide bonds. The van der Waals surface area contributed by atoms with E-state index < -0.39 is 0 Å². The van der Waals surface area contributed by atoms with Crippen LogP contribution in [0.3, 0.4) is 0 Å². The average molecular weight is 424 g/mol. The first-order valence-corrected chi connectivity index (χ1v) is 11.4. The van der Waals surface area contributed by atoms with Gasteiger partial charge in [-0.05, 0) is 62.3 Å². The summed E-state index contributed by atoms with van der Waals surface area (Å²) in [6, 6.07) is 16.0. The van der Waals surface area contributed by atoms with E-state index in [1.807, 2.05) is 42.5 Å². The van der Waals surface area contributed by atoms with Crippen molar-refractivity contribution in [3.8, 4) is 9.88 Å². The zero-order valence-electron chi connectivity index (χ0n) is 15.8. The summed E-state index contributed by atoms with van der Waals surface area (Å²) in [7, 11) is 0. The highest BCUT2D eigenvalue weighted by atomic mass is 32.1. The van der Waals surface area contributed by atoms with E-state index in [4.69, 9.17) is 9.40 Å². The number of hydrogen-bond acceptors (Lipinski definition) is 6. The second-order valence-corrected chi connectivity index (χ2v) is 9.25. The van der Waals surface area contributed by atoms with E-state index in [9.17, 15) is 4.79 Å². The van der Waals surface area contributed by atoms with Crippen molar-refractivity contribution in [1.29, 1.82) is 0 Å². The minimum absolute atomic E-state index is 0.0434. The summed E-state index contributed by atoms with van der Waals surface area (Å²) in [5.74, 6) is 0.867. The molecular weight excluding hydrogens is 402 g/mol. The Kier molecular flexibility index (Phi) is 5.18. The van der Waals surface area contributed by atoms with E-state index in [0.29, 0.717) is 11.4 Å². The van der Waals surface area contributed by atoms with Gasteiger partial charge in [0.2, 0.25) is 0 Å². The molecule has 3 aromatic heterocycles. The highest BCUT2D eigenvalue weighted by molar-refractivity contribution is 7.26. The third kappa shape index (κ3) is 3.85. The fraction of sp³-hybridized carbons (Fsp3) is 0.273. The van der Waals surface area contributed by atoms with Crippen LogP contribution in [-0.4, -0.2) is 35.4 Å². The number of thiazole rings is 1. The minimum atomic E-state index is -0.0434. The number of likely N-dealkylation sites (tertiary alicyclic amines) is 1. The van der Waals surface area contributed by atoms with Gasteiger partial charge in [0.15, 0.2) is 0 Å². The van der Waals surface area contributed by atoms with Gasteiger partial charge in [0.05, 0.1) is 32.3 Å². The maximum absolute atomic E-state index is 12.8. The van der Waals surface area contributed by atoms with Crippen molar-refractivity contribution in [2.24, 2.45) is 0 Å². The number of benzene rings is 1. The van der Waals surface area contributed by atoms with Gasteiger partial charge in [-0.15, -0.1) is 22.7 Å². The third-order valence-corrected chi connectivity index (χ3v) is 7.53. The Balaban J connectivity index is 1.29. The standard InChI is InChI=1S/C22H21N3O2S2/c26-21(23-14-16(17-7-5-13-27-17)25-11-3-4-12-25)19-9-10-20(28-19)22-24-15-6-1-2-8-18(15)29-22/h1-2,5-10,13,16H,3-4,11-12,14H2,(H,23,26)/t16-/m0/s1. The topological polar surface area (TPSA) is 58.4 Å². The Bertz CT molecular complexity index is 1080. The number of thiophene rings is 1. The number of amides is 1. The van der Waals surface area contributed by atoms with Crippen LogP contribution in [0.2, 0.25) is 0 Å². The van der Waals surface area contributed by atoms with Gasteiger partial charge in [0.1, 0.15) is 10.8 Å². The second kappa shape index (κ2) is 8.10. The van der Waals surface area contributed by atoms with Gasteiger partial charge < -0.3 is 9.73 Å². The van der Waals surface area contributed by atoms with Gasteiger partial charge in [0, 0.05) is 6.54 Å². The molecule has 0 unspecified atom stereocenters. The third-order valence-electron chi connectivity index (χ3n) is 5.24. The van der Waals surface area contributed by atoms with Crippen molar-refractivity contribution in [2.45, 2.75) is 18.9 Å². The van der Waals surface area contributed by atoms with Gasteiger partial charge in [-0.25, -0.2) is 4.98 Å². The lowest BCUT2D eigenvalue weighted by Gasteiger charge is -2.25. The first kappa shape index (κ1) is 18.5. The first-order valence-electron chi connectivity index (χ1n) is 9.79. The van der Waals surface area contributed by atoms with E-state index in [1.165, 1.54) is 24.2 Å². The summed E-state index contributed by atoms with van der Waals surface area (Å²) >= 11 is 3.15. The second-order valence-electron chi connectivity index (χ2n) is 7.13. The normalized spacial score (nSPS) is 15.7. The summed E-state index contributed by atoms with van der Waals surface area (Å²) in [5.41, 5.74) is 0.999. The number of nitrogens with one attached hydrogen (secondary N) is 1. The molecule has 1 atom stereocenters. The highest BCUT2D eigenvalue weighted by Gasteiger charge is 2.26. The molecule has 1 fully saturated rings. The molecule has 1 aliphatic rings. The summed E-state index contributed by atoms with van der Waals surface area (Å²) in [6.07, 6.45) is 4.09. The van der Waals surface area contributed by atoms with Crippen molar-refractivity contribution in [3.63, 3.8) is 0 Å². The maximum Gasteiger partial charge on any atom is 0.261 e. The predicted octanol–water partition coefficient (Wildman–Crippen LogP) is 5.18. The molecule has 0 spiro atoms. The molecule has 5 nitrogen and oxygen atoms in total. The SMILES string of the molecule is O=C(NC[C@@H](c1ccco1)N1CCCC1)c1ccc(-c2nc3ccccc3s2)s1. The molecule has 4 heterocycles. The lowest BCUT2D eigenvalue weighted by Crippen LogP contribution is -2.36. The summed E-state index contributed by atoms with van der Waals surface area (Å²) < 4.78 is 6.80. The van der Waals surface area contributed by atoms with Crippen LogP contribution in [0.5, 0.6) is 0 Å². The fourth-order valence-electron chi connectivity index (χ4n) is 3.77. The number of carbonyl (C=O) groups excluding carboxylic acids is 1. The molecule has 1 aromatic carbocycles. The number of nitrogens with zero attached hydrogens (tertiary/aromatic N) is 2. The molecule has 5 rings (SSSR count). The van der Waals surface area contributed by atoms with Crippen LogP contribution >= 0.6 is 22.7 Å². The quantitative estimate of drug-likeness (QED) is 0.464. The highest BCUT2D eigenvalue weighted by Crippen LogP contribution is 2.34. The lowest BCUT2D eigenvalue weighted by atomic mass is 10.2. The number of fused-ring (bicyclic) bond motifs is 1. The summed E-state index contributed by atoms with van der Waals surface area (Å²) in [5, 5.41) is 4.07. The zero-order valence-corrected chi connectivity index (χ0v) is 17.5. The molecule has 148 valence electrons. The average Bonchev–Trinajstić information content (AvgIpc) is 3.55. The lowest BCUT2D eigenvalue weighted by molar-refractivity contribution is 0.0938. The van der Waals surface area contributed by atoms with E-state index in [0.717, 1.165) is 39.0 Å². The van der Waals surface area contributed by atoms with Crippen LogP contribution in [-0.2, 0) is 0 Å². The maximum atomic E-state index is 12.8. The van der Waals surface area contributed by atoms with Crippen molar-refractivity contribution >= 4 is 38.8 Å². The number of rotatable bonds is 6. The fourth-order valence-corrected chi connectivity index (χ4v) is 5.72. The van der Waals surface area contributed by atoms with Gasteiger partial charge >= 0.3 is 0 Å². The van der Waals surface area contributed by atoms with Crippen LogP contribution in [0.1, 0.15) is 34.3 Å². The van der Waals surface area contributed by atoms with E-state index in [1.54, 1.807) is 17.6 Å². The Morgan fingerprint density at radius 2 is 1.97 bits per heavy atom. The molecule has 29 heavy (non-hydrogen) atoms. The van der Waals surface area contributed by atoms with Crippen molar-refractivity contribution < 1.29 is 9.21 Å². The number of aromatic nitrogens is 1. The van der Waals surface area contributed by atoms with E-state index >= 15 is 0 Å². The number of carbonyl (C=O) groups is 1. The van der Waals surface area contributed by atoms with Crippen LogP contribution < -0.4 is 5.32 Å². The van der Waals surface area contributed by atoms with Crippen molar-refractivity contribution in [2.75, 3.05) is 19.6 Å². The van der Waals surface area contributed by atoms with Gasteiger partial charge in [0.25, 0.3) is 5.91 Å². The van der Waals surface area contributed by atoms with Crippen LogP contribution in [0, 0.1) is 0 Å². The van der Waals surface area contributed by atoms with Crippen molar-refractivity contribution in [3.05, 3.63) is 65.4 Å². The monoisotopic (exact) mass is 423 g/mol. The molecule has 0 saturated carbocycles. The van der Waals surface area contributed by atoms with Crippen LogP contribution in [0.15, 0.2) is 59.2 Å². The van der Waals surface area contributed by atoms with Crippen LogP contribution in [0.25, 0.3) is 20.1 Å². The Morgan fingerprint density at radius 3 is 2.76 bits per heavy atom. The minimum Gasteiger partial charge on any atom is -0.468 e. The van der Waals surface area contributed by atoms with Gasteiger partial charge in [-0.2, -0.15) is 0 Å². The molecule has 1 saturated heterocycles. The molecule has 1 aliphatic heterocycles. The molecule has 1 N–H and O–H groups in total. The molecule has 0 radical (unpaired) electrons. The molecule has 4 aromatic rings. The zero-order chi connectivity index (χ0) is 19.6. The Hall–Kier alpha value is -2.48. The van der Waals surface area contributed by atoms with Gasteiger partial charge in [-0.3, -0.25) is 9.69 Å². The molecule has 0 bridgehead atoms. The largest absolute Gasteiger partial charge is 0.468 e. The first-order chi connectivity index (χ1) is 14.3. The molecule has 0 aliphatic carbocycles. The number of hydrogen-bond donors (Lipinski definition) is 1. The van der Waals surface area contributed by atoms with Crippen LogP contribution in [0.4, 0.5) is 0 Å². The molecular formula is C22H21N3O2S2. The molecule has 7 heteroatoms. The number of furan rings is 1. The Morgan fingerprint density at radius 1 is 1.10 bits per heavy atom.